The van der Waals surface area contributed by atoms with Crippen molar-refractivity contribution in [3.63, 3.8) is 0 Å². The minimum atomic E-state index is 0.212. The molecule has 1 atom stereocenters. The fourth-order valence-electron chi connectivity index (χ4n) is 1.64. The van der Waals surface area contributed by atoms with Crippen molar-refractivity contribution in [3.05, 3.63) is 23.8 Å². The molecule has 2 heteroatoms. The van der Waals surface area contributed by atoms with Gasteiger partial charge in [0.25, 0.3) is 0 Å². The van der Waals surface area contributed by atoms with E-state index in [4.69, 9.17) is 9.84 Å². The number of rotatable bonds is 5. The molecular weight excluding hydrogens is 176 g/mol. The molecule has 0 heterocycles. The van der Waals surface area contributed by atoms with E-state index in [-0.39, 0.29) is 12.7 Å². The molecule has 0 amide bonds. The van der Waals surface area contributed by atoms with Gasteiger partial charge in [-0.05, 0) is 24.3 Å². The number of hydrogen-bond donors (Lipinski definition) is 1. The Kier molecular flexibility index (Phi) is 4.91. The predicted molar refractivity (Wildman–Crippen MR) is 58.1 cm³/mol. The van der Waals surface area contributed by atoms with Crippen molar-refractivity contribution in [2.24, 2.45) is 5.92 Å². The van der Waals surface area contributed by atoms with Crippen LogP contribution in [0.4, 0.5) is 0 Å². The molecule has 0 spiro atoms. The minimum Gasteiger partial charge on any atom is -0.396 e. The molecule has 0 aliphatic heterocycles. The zero-order valence-corrected chi connectivity index (χ0v) is 9.07. The van der Waals surface area contributed by atoms with E-state index in [1.54, 1.807) is 0 Å². The highest BCUT2D eigenvalue weighted by Crippen LogP contribution is 2.23. The Hall–Kier alpha value is -0.600. The van der Waals surface area contributed by atoms with Crippen molar-refractivity contribution in [2.75, 3.05) is 13.2 Å². The van der Waals surface area contributed by atoms with Crippen molar-refractivity contribution in [1.82, 2.24) is 0 Å². The van der Waals surface area contributed by atoms with Gasteiger partial charge in [-0.2, -0.15) is 0 Å². The van der Waals surface area contributed by atoms with Crippen molar-refractivity contribution in [1.29, 1.82) is 0 Å². The molecule has 0 aromatic heterocycles. The van der Waals surface area contributed by atoms with Gasteiger partial charge in [-0.1, -0.05) is 32.1 Å². The molecule has 0 saturated carbocycles. The van der Waals surface area contributed by atoms with Crippen molar-refractivity contribution in [2.45, 2.75) is 32.8 Å². The molecular formula is C12H20O2. The second kappa shape index (κ2) is 5.99. The molecule has 0 aromatic carbocycles. The SMILES string of the molecule is CC(C)C1=CC=CCC1OCCCO. The number of hydrogen-bond acceptors (Lipinski definition) is 2. The average Bonchev–Trinajstić information content (AvgIpc) is 2.19. The van der Waals surface area contributed by atoms with Crippen LogP contribution in [-0.4, -0.2) is 24.4 Å². The number of aliphatic hydroxyl groups excluding tert-OH is 1. The van der Waals surface area contributed by atoms with Gasteiger partial charge in [0.15, 0.2) is 0 Å². The molecule has 0 aromatic rings. The Bertz CT molecular complexity index is 216. The van der Waals surface area contributed by atoms with Crippen molar-refractivity contribution < 1.29 is 9.84 Å². The van der Waals surface area contributed by atoms with Gasteiger partial charge in [0.2, 0.25) is 0 Å². The third kappa shape index (κ3) is 3.28. The van der Waals surface area contributed by atoms with Crippen LogP contribution in [0.1, 0.15) is 26.7 Å². The smallest absolute Gasteiger partial charge is 0.0825 e. The van der Waals surface area contributed by atoms with E-state index < -0.39 is 0 Å². The largest absolute Gasteiger partial charge is 0.396 e. The lowest BCUT2D eigenvalue weighted by atomic mass is 9.92. The summed E-state index contributed by atoms with van der Waals surface area (Å²) in [6.07, 6.45) is 8.31. The minimum absolute atomic E-state index is 0.212. The summed E-state index contributed by atoms with van der Waals surface area (Å²) in [4.78, 5) is 0. The summed E-state index contributed by atoms with van der Waals surface area (Å²) in [5, 5.41) is 8.66. The molecule has 2 nitrogen and oxygen atoms in total. The van der Waals surface area contributed by atoms with Crippen molar-refractivity contribution >= 4 is 0 Å². The summed E-state index contributed by atoms with van der Waals surface area (Å²) in [5.74, 6) is 0.541. The van der Waals surface area contributed by atoms with Crippen LogP contribution in [0.3, 0.4) is 0 Å². The quantitative estimate of drug-likeness (QED) is 0.684. The van der Waals surface area contributed by atoms with Crippen LogP contribution in [-0.2, 0) is 4.74 Å². The summed E-state index contributed by atoms with van der Waals surface area (Å²) in [7, 11) is 0. The Labute approximate surface area is 86.3 Å². The fourth-order valence-corrected chi connectivity index (χ4v) is 1.64. The molecule has 0 bridgehead atoms. The number of allylic oxidation sites excluding steroid dienone is 2. The fraction of sp³-hybridized carbons (Fsp3) is 0.667. The van der Waals surface area contributed by atoms with E-state index in [1.807, 2.05) is 0 Å². The second-order valence-electron chi connectivity index (χ2n) is 3.92. The molecule has 80 valence electrons. The maximum atomic E-state index is 8.66. The predicted octanol–water partition coefficient (Wildman–Crippen LogP) is 2.30. The number of aliphatic hydroxyl groups is 1. The lowest BCUT2D eigenvalue weighted by molar-refractivity contribution is 0.0623. The first-order chi connectivity index (χ1) is 6.75. The summed E-state index contributed by atoms with van der Waals surface area (Å²) in [6, 6.07) is 0. The molecule has 1 aliphatic carbocycles. The Balaban J connectivity index is 2.43. The van der Waals surface area contributed by atoms with Gasteiger partial charge in [0.05, 0.1) is 6.10 Å². The van der Waals surface area contributed by atoms with Gasteiger partial charge in [-0.3, -0.25) is 0 Å². The molecule has 1 unspecified atom stereocenters. The van der Waals surface area contributed by atoms with E-state index in [1.165, 1.54) is 5.57 Å². The summed E-state index contributed by atoms with van der Waals surface area (Å²) in [5.41, 5.74) is 1.37. The monoisotopic (exact) mass is 196 g/mol. The Morgan fingerprint density at radius 1 is 1.57 bits per heavy atom. The van der Waals surface area contributed by atoms with Gasteiger partial charge < -0.3 is 9.84 Å². The summed E-state index contributed by atoms with van der Waals surface area (Å²) < 4.78 is 5.72. The zero-order valence-electron chi connectivity index (χ0n) is 9.07. The van der Waals surface area contributed by atoms with E-state index in [9.17, 15) is 0 Å². The molecule has 1 aliphatic rings. The van der Waals surface area contributed by atoms with Crippen LogP contribution in [0.5, 0.6) is 0 Å². The van der Waals surface area contributed by atoms with Crippen LogP contribution in [0.15, 0.2) is 23.8 Å². The number of ether oxygens (including phenoxy) is 1. The van der Waals surface area contributed by atoms with Gasteiger partial charge in [0, 0.05) is 13.2 Å². The van der Waals surface area contributed by atoms with Gasteiger partial charge in [0.1, 0.15) is 0 Å². The zero-order chi connectivity index (χ0) is 10.4. The van der Waals surface area contributed by atoms with Crippen LogP contribution in [0.25, 0.3) is 0 Å². The summed E-state index contributed by atoms with van der Waals surface area (Å²) in [6.45, 7) is 5.24. The van der Waals surface area contributed by atoms with Gasteiger partial charge in [-0.15, -0.1) is 0 Å². The van der Waals surface area contributed by atoms with Crippen LogP contribution >= 0.6 is 0 Å². The molecule has 0 radical (unpaired) electrons. The normalized spacial score (nSPS) is 21.4. The van der Waals surface area contributed by atoms with E-state index >= 15 is 0 Å². The Morgan fingerprint density at radius 2 is 2.36 bits per heavy atom. The van der Waals surface area contributed by atoms with E-state index in [0.29, 0.717) is 12.5 Å². The molecule has 0 fully saturated rings. The van der Waals surface area contributed by atoms with E-state index in [0.717, 1.165) is 12.8 Å². The average molecular weight is 196 g/mol. The molecule has 1 rings (SSSR count). The molecule has 14 heavy (non-hydrogen) atoms. The third-order valence-electron chi connectivity index (χ3n) is 2.43. The lowest BCUT2D eigenvalue weighted by Gasteiger charge is -2.24. The Morgan fingerprint density at radius 3 is 3.00 bits per heavy atom. The van der Waals surface area contributed by atoms with E-state index in [2.05, 4.69) is 32.1 Å². The van der Waals surface area contributed by atoms with Gasteiger partial charge in [-0.25, -0.2) is 0 Å². The first-order valence-corrected chi connectivity index (χ1v) is 5.34. The highest BCUT2D eigenvalue weighted by atomic mass is 16.5. The first-order valence-electron chi connectivity index (χ1n) is 5.34. The maximum Gasteiger partial charge on any atom is 0.0825 e. The van der Waals surface area contributed by atoms with Crippen molar-refractivity contribution in [3.8, 4) is 0 Å². The molecule has 0 saturated heterocycles. The topological polar surface area (TPSA) is 29.5 Å². The van der Waals surface area contributed by atoms with Crippen LogP contribution < -0.4 is 0 Å². The first kappa shape index (κ1) is 11.5. The third-order valence-corrected chi connectivity index (χ3v) is 2.43. The second-order valence-corrected chi connectivity index (χ2v) is 3.92. The molecule has 1 N–H and O–H groups in total. The standard InChI is InChI=1S/C12H20O2/c1-10(2)11-6-3-4-7-12(11)14-9-5-8-13/h3-4,6,10,12-13H,5,7-9H2,1-2H3. The van der Waals surface area contributed by atoms with Crippen LogP contribution in [0.2, 0.25) is 0 Å². The summed E-state index contributed by atoms with van der Waals surface area (Å²) >= 11 is 0. The van der Waals surface area contributed by atoms with Gasteiger partial charge >= 0.3 is 0 Å². The highest BCUT2D eigenvalue weighted by molar-refractivity contribution is 5.23. The van der Waals surface area contributed by atoms with Crippen LogP contribution in [0, 0.1) is 5.92 Å². The lowest BCUT2D eigenvalue weighted by Crippen LogP contribution is -2.21. The maximum absolute atomic E-state index is 8.66. The highest BCUT2D eigenvalue weighted by Gasteiger charge is 2.17.